The summed E-state index contributed by atoms with van der Waals surface area (Å²) in [6, 6.07) is -1.52. The maximum atomic E-state index is 13.2. The summed E-state index contributed by atoms with van der Waals surface area (Å²) in [7, 11) is 1.18. The zero-order chi connectivity index (χ0) is 27.1. The molecule has 3 amide bonds. The third-order valence-electron chi connectivity index (χ3n) is 8.55. The molecule has 0 atom stereocenters. The molecular weight excluding hydrogens is 497 g/mol. The highest BCUT2D eigenvalue weighted by Gasteiger charge is 2.69. The highest BCUT2D eigenvalue weighted by atomic mass is 19.4. The van der Waals surface area contributed by atoms with E-state index in [-0.39, 0.29) is 25.3 Å². The molecule has 1 saturated heterocycles. The number of rotatable bonds is 5. The van der Waals surface area contributed by atoms with Gasteiger partial charge in [0.2, 0.25) is 5.88 Å². The van der Waals surface area contributed by atoms with Crippen LogP contribution in [0.4, 0.5) is 18.0 Å². The number of nitrogens with two attached hydrogens (primary N) is 1. The average molecular weight is 527 g/mol. The summed E-state index contributed by atoms with van der Waals surface area (Å²) in [6.07, 6.45) is -1.14. The smallest absolute Gasteiger partial charge is 0.406 e. The number of nitrogens with zero attached hydrogens (tertiary/aromatic N) is 4. The summed E-state index contributed by atoms with van der Waals surface area (Å²) in [6.45, 7) is -1.29. The van der Waals surface area contributed by atoms with Crippen molar-refractivity contribution in [3.05, 3.63) is 26.4 Å². The molecule has 3 aliphatic carbocycles. The van der Waals surface area contributed by atoms with E-state index in [9.17, 15) is 37.5 Å². The Morgan fingerprint density at radius 3 is 2.22 bits per heavy atom. The van der Waals surface area contributed by atoms with Crippen LogP contribution in [0.1, 0.15) is 63.0 Å². The molecular formula is C23H29F3N6O5. The van der Waals surface area contributed by atoms with Crippen molar-refractivity contribution in [3.63, 3.8) is 0 Å². The van der Waals surface area contributed by atoms with E-state index in [2.05, 4.69) is 0 Å². The van der Waals surface area contributed by atoms with Crippen LogP contribution in [0.15, 0.2) is 9.59 Å². The first-order valence-corrected chi connectivity index (χ1v) is 12.3. The minimum absolute atomic E-state index is 0.0901. The minimum atomic E-state index is -4.65. The lowest BCUT2D eigenvalue weighted by Crippen LogP contribution is -2.65. The molecule has 2 heterocycles. The van der Waals surface area contributed by atoms with E-state index in [0.29, 0.717) is 30.6 Å². The number of carbonyl (C=O) groups is 2. The molecule has 4 N–H and O–H groups in total. The van der Waals surface area contributed by atoms with Crippen LogP contribution in [-0.4, -0.2) is 67.1 Å². The monoisotopic (exact) mass is 526 g/mol. The lowest BCUT2D eigenvalue weighted by molar-refractivity contribution is -0.173. The maximum Gasteiger partial charge on any atom is 0.406 e. The molecule has 1 aromatic heterocycles. The molecule has 0 aromatic carbocycles. The van der Waals surface area contributed by atoms with Gasteiger partial charge in [0, 0.05) is 19.6 Å². The Morgan fingerprint density at radius 1 is 1.11 bits per heavy atom. The van der Waals surface area contributed by atoms with Gasteiger partial charge in [-0.25, -0.2) is 9.59 Å². The van der Waals surface area contributed by atoms with E-state index < -0.39 is 70.2 Å². The highest BCUT2D eigenvalue weighted by molar-refractivity contribution is 6.07. The van der Waals surface area contributed by atoms with Crippen LogP contribution in [0.3, 0.4) is 0 Å². The number of amidine groups is 1. The third kappa shape index (κ3) is 3.91. The number of urea groups is 1. The van der Waals surface area contributed by atoms with E-state index >= 15 is 0 Å². The summed E-state index contributed by atoms with van der Waals surface area (Å²) in [5.74, 6) is -1.71. The average Bonchev–Trinajstić information content (AvgIpc) is 3.59. The van der Waals surface area contributed by atoms with Crippen molar-refractivity contribution in [2.75, 3.05) is 13.6 Å². The number of carbonyl (C=O) groups excluding carboxylic acids is 2. The molecule has 0 bridgehead atoms. The van der Waals surface area contributed by atoms with Crippen molar-refractivity contribution in [2.45, 2.75) is 75.7 Å². The summed E-state index contributed by atoms with van der Waals surface area (Å²) >= 11 is 0. The van der Waals surface area contributed by atoms with Gasteiger partial charge in [0.25, 0.3) is 11.5 Å². The van der Waals surface area contributed by atoms with Crippen LogP contribution in [0.2, 0.25) is 0 Å². The molecule has 11 nitrogen and oxygen atoms in total. The second-order valence-electron chi connectivity index (χ2n) is 11.1. The number of nitrogen functional groups attached to an aromatic ring is 1. The van der Waals surface area contributed by atoms with Crippen LogP contribution < -0.4 is 17.0 Å². The normalized spacial score (nSPS) is 29.9. The highest BCUT2D eigenvalue weighted by Crippen LogP contribution is 2.62. The topological polar surface area (TPSA) is 155 Å². The summed E-state index contributed by atoms with van der Waals surface area (Å²) in [4.78, 5) is 53.0. The molecule has 0 radical (unpaired) electrons. The number of alkyl halides is 3. The number of hydrogen-bond acceptors (Lipinski definition) is 6. The first-order chi connectivity index (χ1) is 17.2. The molecule has 5 rings (SSSR count). The van der Waals surface area contributed by atoms with Crippen LogP contribution >= 0.6 is 0 Å². The number of likely N-dealkylation sites (N-methyl/N-ethyl adjacent to an activating group) is 1. The molecule has 14 heteroatoms. The first-order valence-electron chi connectivity index (χ1n) is 12.3. The Bertz CT molecular complexity index is 1300. The summed E-state index contributed by atoms with van der Waals surface area (Å²) < 4.78 is 41.7. The van der Waals surface area contributed by atoms with Crippen LogP contribution in [0, 0.1) is 16.7 Å². The molecule has 202 valence electrons. The Balaban J connectivity index is 1.39. The standard InChI is InChI=1S/C23H29F3N6O5/c1-29-18(35)22(31(19(29)36)11-23(24,25)26)9-21(10-22)6-4-13(5-7-21)32-17(34)14(15(27)28)16(33)30(20(32)37)8-12-2-3-12/h12-13,33H,2-11H2,1H3,(H3,27,28). The number of nitrogens with one attached hydrogen (secondary N) is 1. The summed E-state index contributed by atoms with van der Waals surface area (Å²) in [5.41, 5.74) is 1.59. The number of amides is 3. The van der Waals surface area contributed by atoms with Crippen molar-refractivity contribution < 1.29 is 27.9 Å². The van der Waals surface area contributed by atoms with E-state index in [4.69, 9.17) is 11.1 Å². The molecule has 4 aliphatic rings. The van der Waals surface area contributed by atoms with Gasteiger partial charge in [0.1, 0.15) is 23.5 Å². The SMILES string of the molecule is CN1C(=O)N(CC(F)(F)F)C2(CC3(CCC(n4c(=O)c(C(=N)N)c(O)n(CC5CC5)c4=O)CC3)C2)C1=O. The number of aromatic nitrogens is 2. The van der Waals surface area contributed by atoms with Gasteiger partial charge in [-0.05, 0) is 62.7 Å². The van der Waals surface area contributed by atoms with Crippen molar-refractivity contribution in [3.8, 4) is 5.88 Å². The van der Waals surface area contributed by atoms with E-state index in [1.165, 1.54) is 7.05 Å². The quantitative estimate of drug-likeness (QED) is 0.300. The Labute approximate surface area is 209 Å². The van der Waals surface area contributed by atoms with Gasteiger partial charge >= 0.3 is 17.9 Å². The molecule has 4 fully saturated rings. The van der Waals surface area contributed by atoms with Crippen LogP contribution in [0.25, 0.3) is 0 Å². The van der Waals surface area contributed by atoms with Crippen LogP contribution in [-0.2, 0) is 11.3 Å². The number of halogens is 3. The molecule has 1 aromatic rings. The zero-order valence-corrected chi connectivity index (χ0v) is 20.3. The fourth-order valence-corrected chi connectivity index (χ4v) is 6.57. The molecule has 2 spiro atoms. The lowest BCUT2D eigenvalue weighted by Gasteiger charge is -2.58. The van der Waals surface area contributed by atoms with Gasteiger partial charge in [-0.3, -0.25) is 29.0 Å². The number of imide groups is 1. The Morgan fingerprint density at radius 2 is 1.70 bits per heavy atom. The first kappa shape index (κ1) is 25.3. The Hall–Kier alpha value is -3.32. The second-order valence-corrected chi connectivity index (χ2v) is 11.1. The van der Waals surface area contributed by atoms with Crippen molar-refractivity contribution in [1.82, 2.24) is 18.9 Å². The summed E-state index contributed by atoms with van der Waals surface area (Å²) in [5, 5.41) is 18.3. The minimum Gasteiger partial charge on any atom is -0.494 e. The predicted molar refractivity (Wildman–Crippen MR) is 123 cm³/mol. The van der Waals surface area contributed by atoms with Crippen molar-refractivity contribution in [1.29, 1.82) is 5.41 Å². The third-order valence-corrected chi connectivity index (χ3v) is 8.55. The largest absolute Gasteiger partial charge is 0.494 e. The Kier molecular flexibility index (Phi) is 5.54. The molecule has 37 heavy (non-hydrogen) atoms. The van der Waals surface area contributed by atoms with Gasteiger partial charge in [-0.2, -0.15) is 13.2 Å². The van der Waals surface area contributed by atoms with Crippen molar-refractivity contribution >= 4 is 17.8 Å². The molecule has 0 unspecified atom stereocenters. The zero-order valence-electron chi connectivity index (χ0n) is 20.3. The fourth-order valence-electron chi connectivity index (χ4n) is 6.57. The van der Waals surface area contributed by atoms with Gasteiger partial charge in [0.05, 0.1) is 0 Å². The lowest BCUT2D eigenvalue weighted by atomic mass is 9.51. The van der Waals surface area contributed by atoms with E-state index in [1.807, 2.05) is 0 Å². The van der Waals surface area contributed by atoms with Crippen LogP contribution in [0.5, 0.6) is 5.88 Å². The van der Waals surface area contributed by atoms with Gasteiger partial charge in [0.15, 0.2) is 0 Å². The van der Waals surface area contributed by atoms with Crippen molar-refractivity contribution in [2.24, 2.45) is 17.1 Å². The number of hydrogen-bond donors (Lipinski definition) is 3. The van der Waals surface area contributed by atoms with Gasteiger partial charge in [-0.1, -0.05) is 0 Å². The second kappa shape index (κ2) is 8.09. The number of aromatic hydroxyl groups is 1. The molecule has 3 saturated carbocycles. The van der Waals surface area contributed by atoms with E-state index in [1.54, 1.807) is 0 Å². The maximum absolute atomic E-state index is 13.2. The fraction of sp³-hybridized carbons (Fsp3) is 0.696. The predicted octanol–water partition coefficient (Wildman–Crippen LogP) is 1.50. The van der Waals surface area contributed by atoms with Gasteiger partial charge in [-0.15, -0.1) is 0 Å². The van der Waals surface area contributed by atoms with Gasteiger partial charge < -0.3 is 15.7 Å². The van der Waals surface area contributed by atoms with E-state index in [0.717, 1.165) is 26.9 Å². The molecule has 1 aliphatic heterocycles.